The first-order chi connectivity index (χ1) is 8.78. The van der Waals surface area contributed by atoms with Gasteiger partial charge in [0.1, 0.15) is 11.9 Å². The van der Waals surface area contributed by atoms with E-state index in [9.17, 15) is 8.42 Å². The molecule has 0 heterocycles. The molecule has 0 saturated carbocycles. The van der Waals surface area contributed by atoms with Crippen LogP contribution in [0.1, 0.15) is 6.92 Å². The van der Waals surface area contributed by atoms with Gasteiger partial charge in [0.25, 0.3) is 0 Å². The number of sulfonamides is 1. The predicted molar refractivity (Wildman–Crippen MR) is 73.7 cm³/mol. The summed E-state index contributed by atoms with van der Waals surface area (Å²) in [4.78, 5) is 0.141. The van der Waals surface area contributed by atoms with E-state index in [1.54, 1.807) is 13.2 Å². The van der Waals surface area contributed by atoms with Gasteiger partial charge in [-0.05, 0) is 25.1 Å². The Hall–Kier alpha value is -1.31. The molecule has 2 N–H and O–H groups in total. The van der Waals surface area contributed by atoms with Crippen molar-refractivity contribution in [3.8, 4) is 5.75 Å². The van der Waals surface area contributed by atoms with Crippen LogP contribution >= 0.6 is 0 Å². The Labute approximate surface area is 114 Å². The largest absolute Gasteiger partial charge is 0.486 e. The number of nitrogens with two attached hydrogens (primary N) is 1. The number of hydrogen-bond donors (Lipinski definition) is 1. The van der Waals surface area contributed by atoms with Crippen LogP contribution < -0.4 is 10.5 Å². The minimum absolute atomic E-state index is 0.141. The van der Waals surface area contributed by atoms with Crippen molar-refractivity contribution in [2.75, 3.05) is 33.5 Å². The summed E-state index contributed by atoms with van der Waals surface area (Å²) < 4.78 is 35.5. The standard InChI is InChI=1S/C12H20N2O4S/c1-9(8-17-4)18-12-6-5-10(7-11(12)13)19(15,16)14(2)3/h5-7,9H,8,13H2,1-4H3. The van der Waals surface area contributed by atoms with Crippen LogP contribution in [0.2, 0.25) is 0 Å². The van der Waals surface area contributed by atoms with Crippen molar-refractivity contribution in [1.82, 2.24) is 4.31 Å². The fraction of sp³-hybridized carbons (Fsp3) is 0.500. The van der Waals surface area contributed by atoms with E-state index in [0.29, 0.717) is 12.4 Å². The number of benzene rings is 1. The van der Waals surface area contributed by atoms with Gasteiger partial charge < -0.3 is 15.2 Å². The molecule has 1 rings (SSSR count). The van der Waals surface area contributed by atoms with Gasteiger partial charge in [-0.3, -0.25) is 0 Å². The average molecular weight is 288 g/mol. The number of nitrogens with zero attached hydrogens (tertiary/aromatic N) is 1. The second kappa shape index (κ2) is 6.23. The molecule has 1 unspecified atom stereocenters. The van der Waals surface area contributed by atoms with Crippen molar-refractivity contribution >= 4 is 15.7 Å². The van der Waals surface area contributed by atoms with Gasteiger partial charge in [0.15, 0.2) is 0 Å². The van der Waals surface area contributed by atoms with Gasteiger partial charge in [-0.25, -0.2) is 12.7 Å². The molecule has 0 aliphatic carbocycles. The summed E-state index contributed by atoms with van der Waals surface area (Å²) in [6, 6.07) is 4.42. The topological polar surface area (TPSA) is 81.9 Å². The van der Waals surface area contributed by atoms with Gasteiger partial charge in [-0.1, -0.05) is 0 Å². The van der Waals surface area contributed by atoms with Crippen LogP contribution in [-0.4, -0.2) is 46.6 Å². The van der Waals surface area contributed by atoms with Gasteiger partial charge in [0.05, 0.1) is 17.2 Å². The minimum atomic E-state index is -3.48. The van der Waals surface area contributed by atoms with E-state index in [2.05, 4.69) is 0 Å². The van der Waals surface area contributed by atoms with E-state index < -0.39 is 10.0 Å². The normalized spacial score (nSPS) is 13.5. The second-order valence-electron chi connectivity index (χ2n) is 4.37. The average Bonchev–Trinajstić information content (AvgIpc) is 2.31. The summed E-state index contributed by atoms with van der Waals surface area (Å²) in [7, 11) is 1.04. The Bertz CT molecular complexity index is 529. The lowest BCUT2D eigenvalue weighted by molar-refractivity contribution is 0.0925. The lowest BCUT2D eigenvalue weighted by atomic mass is 10.3. The Balaban J connectivity index is 2.99. The maximum absolute atomic E-state index is 11.9. The van der Waals surface area contributed by atoms with Crippen molar-refractivity contribution in [2.45, 2.75) is 17.9 Å². The second-order valence-corrected chi connectivity index (χ2v) is 6.52. The first kappa shape index (κ1) is 15.7. The van der Waals surface area contributed by atoms with Crippen molar-refractivity contribution in [1.29, 1.82) is 0 Å². The highest BCUT2D eigenvalue weighted by Gasteiger charge is 2.18. The Morgan fingerprint density at radius 3 is 2.47 bits per heavy atom. The molecule has 7 heteroatoms. The molecular formula is C12H20N2O4S. The summed E-state index contributed by atoms with van der Waals surface area (Å²) in [5.41, 5.74) is 6.10. The molecule has 6 nitrogen and oxygen atoms in total. The van der Waals surface area contributed by atoms with Crippen molar-refractivity contribution in [2.24, 2.45) is 0 Å². The SMILES string of the molecule is COCC(C)Oc1ccc(S(=O)(=O)N(C)C)cc1N. The number of rotatable bonds is 6. The predicted octanol–water partition coefficient (Wildman–Crippen LogP) is 0.933. The van der Waals surface area contributed by atoms with E-state index >= 15 is 0 Å². The lowest BCUT2D eigenvalue weighted by Crippen LogP contribution is -2.22. The smallest absolute Gasteiger partial charge is 0.242 e. The quantitative estimate of drug-likeness (QED) is 0.788. The highest BCUT2D eigenvalue weighted by molar-refractivity contribution is 7.89. The number of ether oxygens (including phenoxy) is 2. The van der Waals surface area contributed by atoms with Crippen LogP contribution in [0.3, 0.4) is 0 Å². The van der Waals surface area contributed by atoms with Crippen LogP contribution in [0.5, 0.6) is 5.75 Å². The van der Waals surface area contributed by atoms with E-state index in [1.807, 2.05) is 6.92 Å². The molecule has 19 heavy (non-hydrogen) atoms. The highest BCUT2D eigenvalue weighted by atomic mass is 32.2. The van der Waals surface area contributed by atoms with Crippen LogP contribution in [0, 0.1) is 0 Å². The van der Waals surface area contributed by atoms with Crippen LogP contribution in [-0.2, 0) is 14.8 Å². The Morgan fingerprint density at radius 1 is 1.37 bits per heavy atom. The van der Waals surface area contributed by atoms with Crippen molar-refractivity contribution in [3.63, 3.8) is 0 Å². The molecule has 0 saturated heterocycles. The first-order valence-electron chi connectivity index (χ1n) is 5.76. The molecule has 0 aliphatic rings. The Morgan fingerprint density at radius 2 is 2.00 bits per heavy atom. The van der Waals surface area contributed by atoms with E-state index in [-0.39, 0.29) is 16.7 Å². The van der Waals surface area contributed by atoms with Crippen molar-refractivity contribution in [3.05, 3.63) is 18.2 Å². The molecule has 0 bridgehead atoms. The van der Waals surface area contributed by atoms with Crippen LogP contribution in [0.15, 0.2) is 23.1 Å². The molecule has 0 aliphatic heterocycles. The Kier molecular flexibility index (Phi) is 5.16. The zero-order valence-electron chi connectivity index (χ0n) is 11.6. The molecule has 0 amide bonds. The minimum Gasteiger partial charge on any atom is -0.486 e. The summed E-state index contributed by atoms with van der Waals surface area (Å²) in [6.45, 7) is 2.27. The van der Waals surface area contributed by atoms with E-state index in [4.69, 9.17) is 15.2 Å². The molecule has 0 aromatic heterocycles. The fourth-order valence-corrected chi connectivity index (χ4v) is 2.43. The molecule has 1 aromatic carbocycles. The number of hydrogen-bond acceptors (Lipinski definition) is 5. The van der Waals surface area contributed by atoms with Crippen molar-refractivity contribution < 1.29 is 17.9 Å². The molecule has 0 spiro atoms. The molecule has 0 radical (unpaired) electrons. The number of anilines is 1. The fourth-order valence-electron chi connectivity index (χ4n) is 1.49. The monoisotopic (exact) mass is 288 g/mol. The van der Waals surface area contributed by atoms with Gasteiger partial charge in [-0.15, -0.1) is 0 Å². The molecular weight excluding hydrogens is 268 g/mol. The third-order valence-corrected chi connectivity index (χ3v) is 4.30. The van der Waals surface area contributed by atoms with Gasteiger partial charge in [-0.2, -0.15) is 0 Å². The lowest BCUT2D eigenvalue weighted by Gasteiger charge is -2.17. The summed E-state index contributed by atoms with van der Waals surface area (Å²) in [5, 5.41) is 0. The zero-order chi connectivity index (χ0) is 14.6. The highest BCUT2D eigenvalue weighted by Crippen LogP contribution is 2.26. The van der Waals surface area contributed by atoms with Crippen LogP contribution in [0.4, 0.5) is 5.69 Å². The summed E-state index contributed by atoms with van der Waals surface area (Å²) >= 11 is 0. The molecule has 0 fully saturated rings. The van der Waals surface area contributed by atoms with Gasteiger partial charge in [0.2, 0.25) is 10.0 Å². The summed E-state index contributed by atoms with van der Waals surface area (Å²) in [6.07, 6.45) is -0.163. The third-order valence-electron chi connectivity index (χ3n) is 2.49. The number of methoxy groups -OCH3 is 1. The van der Waals surface area contributed by atoms with Gasteiger partial charge in [0, 0.05) is 21.2 Å². The zero-order valence-corrected chi connectivity index (χ0v) is 12.4. The molecule has 1 atom stereocenters. The summed E-state index contributed by atoms with van der Waals surface area (Å²) in [5.74, 6) is 0.447. The van der Waals surface area contributed by atoms with E-state index in [0.717, 1.165) is 4.31 Å². The van der Waals surface area contributed by atoms with E-state index in [1.165, 1.54) is 26.2 Å². The van der Waals surface area contributed by atoms with Crippen LogP contribution in [0.25, 0.3) is 0 Å². The van der Waals surface area contributed by atoms with Gasteiger partial charge >= 0.3 is 0 Å². The third kappa shape index (κ3) is 3.82. The molecule has 108 valence electrons. The molecule has 1 aromatic rings. The maximum atomic E-state index is 11.9. The first-order valence-corrected chi connectivity index (χ1v) is 7.20. The number of nitrogen functional groups attached to an aromatic ring is 1. The maximum Gasteiger partial charge on any atom is 0.242 e.